The summed E-state index contributed by atoms with van der Waals surface area (Å²) in [5.74, 6) is -1.21. The summed E-state index contributed by atoms with van der Waals surface area (Å²) >= 11 is 0. The summed E-state index contributed by atoms with van der Waals surface area (Å²) in [6, 6.07) is 5.63. The van der Waals surface area contributed by atoms with Gasteiger partial charge in [-0.15, -0.1) is 0 Å². The number of hydrogen-bond acceptors (Lipinski definition) is 6. The highest BCUT2D eigenvalue weighted by molar-refractivity contribution is 5.99. The molecule has 1 aromatic carbocycles. The second-order valence-electron chi connectivity index (χ2n) is 5.37. The van der Waals surface area contributed by atoms with Crippen molar-refractivity contribution in [1.29, 1.82) is 0 Å². The topological polar surface area (TPSA) is 112 Å². The van der Waals surface area contributed by atoms with Crippen molar-refractivity contribution in [3.8, 4) is 11.3 Å². The first-order valence-electron chi connectivity index (χ1n) is 8.27. The Hall–Kier alpha value is -3.16. The van der Waals surface area contributed by atoms with E-state index in [1.165, 1.54) is 12.1 Å². The number of nitrogens with zero attached hydrogens (tertiary/aromatic N) is 1. The van der Waals surface area contributed by atoms with Gasteiger partial charge in [-0.3, -0.25) is 10.1 Å². The molecule has 0 spiro atoms. The fourth-order valence-corrected chi connectivity index (χ4v) is 2.52. The molecule has 26 heavy (non-hydrogen) atoms. The van der Waals surface area contributed by atoms with Crippen LogP contribution in [0.4, 0.5) is 5.69 Å². The van der Waals surface area contributed by atoms with E-state index in [4.69, 9.17) is 9.47 Å². The number of rotatable bonds is 7. The van der Waals surface area contributed by atoms with E-state index in [9.17, 15) is 19.7 Å². The molecular weight excluding hydrogens is 340 g/mol. The molecule has 0 aliphatic carbocycles. The maximum Gasteiger partial charge on any atom is 0.340 e. The van der Waals surface area contributed by atoms with Crippen molar-refractivity contribution in [2.24, 2.45) is 0 Å². The van der Waals surface area contributed by atoms with Crippen molar-refractivity contribution in [3.05, 3.63) is 51.2 Å². The van der Waals surface area contributed by atoms with Crippen LogP contribution in [0.5, 0.6) is 0 Å². The molecule has 0 radical (unpaired) electrons. The Bertz CT molecular complexity index is 840. The largest absolute Gasteiger partial charge is 0.462 e. The van der Waals surface area contributed by atoms with Crippen LogP contribution < -0.4 is 0 Å². The van der Waals surface area contributed by atoms with Gasteiger partial charge in [-0.05, 0) is 38.5 Å². The quantitative estimate of drug-likeness (QED) is 0.459. The Kier molecular flexibility index (Phi) is 6.11. The van der Waals surface area contributed by atoms with E-state index in [0.29, 0.717) is 12.1 Å². The third-order valence-corrected chi connectivity index (χ3v) is 3.72. The zero-order valence-electron chi connectivity index (χ0n) is 14.8. The Morgan fingerprint density at radius 3 is 2.31 bits per heavy atom. The Labute approximate surface area is 150 Å². The number of benzene rings is 1. The number of aromatic nitrogens is 1. The molecule has 8 heteroatoms. The molecule has 2 rings (SSSR count). The Balaban J connectivity index is 2.60. The minimum absolute atomic E-state index is 0.0715. The normalized spacial score (nSPS) is 10.4. The minimum Gasteiger partial charge on any atom is -0.462 e. The van der Waals surface area contributed by atoms with E-state index in [-0.39, 0.29) is 35.6 Å². The van der Waals surface area contributed by atoms with Gasteiger partial charge in [0.25, 0.3) is 5.69 Å². The number of esters is 2. The number of carbonyl (C=O) groups is 2. The van der Waals surface area contributed by atoms with Crippen LogP contribution in [-0.2, 0) is 15.9 Å². The summed E-state index contributed by atoms with van der Waals surface area (Å²) in [6.45, 7) is 5.58. The lowest BCUT2D eigenvalue weighted by atomic mass is 10.0. The molecule has 0 saturated carbocycles. The molecule has 0 amide bonds. The Morgan fingerprint density at radius 2 is 1.73 bits per heavy atom. The van der Waals surface area contributed by atoms with Gasteiger partial charge in [-0.1, -0.05) is 6.92 Å². The lowest BCUT2D eigenvalue weighted by Crippen LogP contribution is -2.07. The first kappa shape index (κ1) is 19.2. The molecule has 0 unspecified atom stereocenters. The third-order valence-electron chi connectivity index (χ3n) is 3.72. The number of hydrogen-bond donors (Lipinski definition) is 1. The summed E-state index contributed by atoms with van der Waals surface area (Å²) in [7, 11) is 0. The van der Waals surface area contributed by atoms with Crippen molar-refractivity contribution >= 4 is 17.6 Å². The van der Waals surface area contributed by atoms with Crippen molar-refractivity contribution in [2.75, 3.05) is 13.2 Å². The lowest BCUT2D eigenvalue weighted by molar-refractivity contribution is -0.384. The van der Waals surface area contributed by atoms with Gasteiger partial charge in [-0.25, -0.2) is 9.59 Å². The minimum atomic E-state index is -0.645. The maximum absolute atomic E-state index is 12.2. The summed E-state index contributed by atoms with van der Waals surface area (Å²) < 4.78 is 9.92. The van der Waals surface area contributed by atoms with Crippen LogP contribution in [0, 0.1) is 10.1 Å². The lowest BCUT2D eigenvalue weighted by Gasteiger charge is -2.07. The van der Waals surface area contributed by atoms with Gasteiger partial charge in [-0.2, -0.15) is 0 Å². The van der Waals surface area contributed by atoms with Crippen molar-refractivity contribution in [2.45, 2.75) is 27.2 Å². The average molecular weight is 360 g/mol. The van der Waals surface area contributed by atoms with Crippen LogP contribution in [0.2, 0.25) is 0 Å². The molecule has 8 nitrogen and oxygen atoms in total. The van der Waals surface area contributed by atoms with Gasteiger partial charge in [0.1, 0.15) is 0 Å². The molecule has 0 aliphatic heterocycles. The molecule has 1 aromatic heterocycles. The zero-order chi connectivity index (χ0) is 19.3. The summed E-state index contributed by atoms with van der Waals surface area (Å²) in [4.78, 5) is 38.0. The molecule has 1 heterocycles. The molecule has 0 atom stereocenters. The predicted molar refractivity (Wildman–Crippen MR) is 94.2 cm³/mol. The number of aryl methyl sites for hydroxylation is 1. The number of nitro groups is 1. The highest BCUT2D eigenvalue weighted by Crippen LogP contribution is 2.33. The number of nitrogens with one attached hydrogen (secondary N) is 1. The number of H-pyrrole nitrogens is 1. The molecule has 0 saturated heterocycles. The SMILES string of the molecule is CCOC(=O)c1ccc(-c2[nH]c(CC)cc2C(=O)OCC)c([N+](=O)[O-])c1. The number of carbonyl (C=O) groups excluding carboxylic acids is 2. The van der Waals surface area contributed by atoms with Gasteiger partial charge in [0.2, 0.25) is 0 Å². The van der Waals surface area contributed by atoms with E-state index >= 15 is 0 Å². The fourth-order valence-electron chi connectivity index (χ4n) is 2.52. The van der Waals surface area contributed by atoms with Crippen LogP contribution in [-0.4, -0.2) is 35.1 Å². The average Bonchev–Trinajstić information content (AvgIpc) is 3.06. The van der Waals surface area contributed by atoms with E-state index < -0.39 is 16.9 Å². The Morgan fingerprint density at radius 1 is 1.08 bits per heavy atom. The molecule has 2 aromatic rings. The van der Waals surface area contributed by atoms with Gasteiger partial charge < -0.3 is 14.5 Å². The fraction of sp³-hybridized carbons (Fsp3) is 0.333. The highest BCUT2D eigenvalue weighted by atomic mass is 16.6. The van der Waals surface area contributed by atoms with E-state index in [1.54, 1.807) is 19.9 Å². The molecule has 0 bridgehead atoms. The van der Waals surface area contributed by atoms with Crippen molar-refractivity contribution < 1.29 is 24.0 Å². The second kappa shape index (κ2) is 8.28. The van der Waals surface area contributed by atoms with Crippen molar-refractivity contribution in [3.63, 3.8) is 0 Å². The summed E-state index contributed by atoms with van der Waals surface area (Å²) in [5, 5.41) is 11.5. The van der Waals surface area contributed by atoms with E-state index in [1.807, 2.05) is 6.92 Å². The molecule has 0 aliphatic rings. The molecule has 1 N–H and O–H groups in total. The smallest absolute Gasteiger partial charge is 0.340 e. The van der Waals surface area contributed by atoms with E-state index in [2.05, 4.69) is 4.98 Å². The van der Waals surface area contributed by atoms with Gasteiger partial charge in [0.05, 0.1) is 40.5 Å². The molecular formula is C18H20N2O6. The predicted octanol–water partition coefficient (Wildman–Crippen LogP) is 3.51. The van der Waals surface area contributed by atoms with Crippen LogP contribution >= 0.6 is 0 Å². The number of aromatic amines is 1. The van der Waals surface area contributed by atoms with Crippen LogP contribution in [0.3, 0.4) is 0 Å². The summed E-state index contributed by atoms with van der Waals surface area (Å²) in [6.07, 6.45) is 0.612. The van der Waals surface area contributed by atoms with Crippen molar-refractivity contribution in [1.82, 2.24) is 4.98 Å². The van der Waals surface area contributed by atoms with Gasteiger partial charge in [0, 0.05) is 11.8 Å². The standard InChI is InChI=1S/C18H20N2O6/c1-4-12-10-14(18(22)26-6-3)16(19-12)13-8-7-11(17(21)25-5-2)9-15(13)20(23)24/h7-10,19H,4-6H2,1-3H3. The van der Waals surface area contributed by atoms with Crippen LogP contribution in [0.15, 0.2) is 24.3 Å². The first-order chi connectivity index (χ1) is 12.4. The molecule has 0 fully saturated rings. The third kappa shape index (κ3) is 3.90. The maximum atomic E-state index is 12.2. The van der Waals surface area contributed by atoms with Crippen LogP contribution in [0.1, 0.15) is 47.2 Å². The van der Waals surface area contributed by atoms with Gasteiger partial charge >= 0.3 is 11.9 Å². The van der Waals surface area contributed by atoms with E-state index in [0.717, 1.165) is 11.8 Å². The number of ether oxygens (including phenoxy) is 2. The summed E-state index contributed by atoms with van der Waals surface area (Å²) in [5.41, 5.74) is 1.23. The number of nitro benzene ring substituents is 1. The highest BCUT2D eigenvalue weighted by Gasteiger charge is 2.25. The first-order valence-corrected chi connectivity index (χ1v) is 8.27. The van der Waals surface area contributed by atoms with Crippen LogP contribution in [0.25, 0.3) is 11.3 Å². The zero-order valence-corrected chi connectivity index (χ0v) is 14.8. The van der Waals surface area contributed by atoms with Gasteiger partial charge in [0.15, 0.2) is 0 Å². The second-order valence-corrected chi connectivity index (χ2v) is 5.37. The molecule has 138 valence electrons. The monoisotopic (exact) mass is 360 g/mol.